The van der Waals surface area contributed by atoms with Gasteiger partial charge in [0.15, 0.2) is 0 Å². The summed E-state index contributed by atoms with van der Waals surface area (Å²) in [5.74, 6) is 0. The molecule has 0 aromatic carbocycles. The van der Waals surface area contributed by atoms with Crippen LogP contribution >= 0.6 is 8.25 Å². The van der Waals surface area contributed by atoms with Gasteiger partial charge in [0.1, 0.15) is 0 Å². The van der Waals surface area contributed by atoms with Crippen molar-refractivity contribution in [2.24, 2.45) is 0 Å². The Kier molecular flexibility index (Phi) is 16.0. The standard InChI is InChI=1S/2C2H5.H3O3P.Zn/c2*1-2;1-4(2)3;/h2*1H2,2H3;4H,(H2,1,2,3);. The zero-order valence-electron chi connectivity index (χ0n) is 5.92. The van der Waals surface area contributed by atoms with Gasteiger partial charge in [-0.15, -0.1) is 0 Å². The van der Waals surface area contributed by atoms with Crippen LogP contribution in [0.1, 0.15) is 13.8 Å². The molecule has 0 aromatic heterocycles. The molecule has 0 aliphatic rings. The van der Waals surface area contributed by atoms with Gasteiger partial charge in [0, 0.05) is 0 Å². The van der Waals surface area contributed by atoms with Crippen LogP contribution in [0.3, 0.4) is 0 Å². The van der Waals surface area contributed by atoms with E-state index in [1.54, 1.807) is 0 Å². The van der Waals surface area contributed by atoms with Crippen LogP contribution in [0, 0.1) is 0 Å². The van der Waals surface area contributed by atoms with Crippen molar-refractivity contribution in [2.45, 2.75) is 23.9 Å². The smallest absolute Gasteiger partial charge is 0.314 e. The fourth-order valence-corrected chi connectivity index (χ4v) is 1.84. The van der Waals surface area contributed by atoms with Crippen molar-refractivity contribution >= 4 is 8.25 Å². The maximum atomic E-state index is 8.74. The predicted molar refractivity (Wildman–Crippen MR) is 34.4 cm³/mol. The largest absolute Gasteiger partial charge is 0.326 e. The van der Waals surface area contributed by atoms with Gasteiger partial charge in [0.25, 0.3) is 0 Å². The fourth-order valence-electron chi connectivity index (χ4n) is 0.354. The van der Waals surface area contributed by atoms with Crippen LogP contribution < -0.4 is 0 Å². The van der Waals surface area contributed by atoms with E-state index in [2.05, 4.69) is 13.8 Å². The second kappa shape index (κ2) is 11.6. The monoisotopic (exact) mass is 204 g/mol. The van der Waals surface area contributed by atoms with Crippen molar-refractivity contribution in [3.05, 3.63) is 0 Å². The van der Waals surface area contributed by atoms with Gasteiger partial charge >= 0.3 is 49.3 Å². The number of hydrogen-bond acceptors (Lipinski definition) is 1. The number of hydrogen-bond donors (Lipinski definition) is 2. The van der Waals surface area contributed by atoms with Crippen molar-refractivity contribution in [1.29, 1.82) is 0 Å². The summed E-state index contributed by atoms with van der Waals surface area (Å²) in [6.07, 6.45) is 0. The van der Waals surface area contributed by atoms with Crippen LogP contribution in [0.25, 0.3) is 0 Å². The van der Waals surface area contributed by atoms with Crippen LogP contribution in [-0.4, -0.2) is 9.79 Å². The Balaban J connectivity index is 0. The molecule has 0 aromatic rings. The van der Waals surface area contributed by atoms with Gasteiger partial charge in [-0.25, -0.2) is 0 Å². The van der Waals surface area contributed by atoms with Crippen molar-refractivity contribution < 1.29 is 31.5 Å². The molecule has 0 fully saturated rings. The molecule has 0 heterocycles. The quantitative estimate of drug-likeness (QED) is 0.528. The molecule has 0 unspecified atom stereocenters. The molecule has 0 atom stereocenters. The Bertz CT molecular complexity index is 62.8. The van der Waals surface area contributed by atoms with E-state index in [0.29, 0.717) is 0 Å². The molecule has 0 saturated carbocycles. The van der Waals surface area contributed by atoms with Gasteiger partial charge in [0.05, 0.1) is 0 Å². The maximum absolute atomic E-state index is 8.74. The molecule has 0 amide bonds. The van der Waals surface area contributed by atoms with Crippen molar-refractivity contribution in [1.82, 2.24) is 0 Å². The molecule has 0 bridgehead atoms. The van der Waals surface area contributed by atoms with E-state index in [9.17, 15) is 0 Å². The predicted octanol–water partition coefficient (Wildman–Crippen LogP) is 1.31. The van der Waals surface area contributed by atoms with E-state index < -0.39 is 8.25 Å². The molecular weight excluding hydrogens is 192 g/mol. The molecule has 0 radical (unpaired) electrons. The Morgan fingerprint density at radius 2 is 1.56 bits per heavy atom. The summed E-state index contributed by atoms with van der Waals surface area (Å²) < 4.78 is 8.74. The number of rotatable bonds is 2. The Hall–Kier alpha value is 0.773. The van der Waals surface area contributed by atoms with Crippen molar-refractivity contribution in [3.63, 3.8) is 0 Å². The minimum absolute atomic E-state index is 0.0972. The summed E-state index contributed by atoms with van der Waals surface area (Å²) in [5, 5.41) is 3.06. The Morgan fingerprint density at radius 3 is 1.56 bits per heavy atom. The van der Waals surface area contributed by atoms with Gasteiger partial charge < -0.3 is 9.79 Å². The summed E-state index contributed by atoms with van der Waals surface area (Å²) >= 11 is 0.0972. The van der Waals surface area contributed by atoms with Gasteiger partial charge in [-0.05, 0) is 0 Å². The minimum atomic E-state index is -3.13. The normalized spacial score (nSPS) is 7.67. The van der Waals surface area contributed by atoms with Gasteiger partial charge in [-0.2, -0.15) is 0 Å². The fraction of sp³-hybridized carbons (Fsp3) is 1.00. The van der Waals surface area contributed by atoms with E-state index in [0.717, 1.165) is 0 Å². The SMILES string of the molecule is C[CH2][Zn][CH2]C.O=[PH](O)O. The molecule has 2 N–H and O–H groups in total. The molecule has 0 spiro atoms. The van der Waals surface area contributed by atoms with Crippen LogP contribution in [0.2, 0.25) is 10.0 Å². The molecule has 3 nitrogen and oxygen atoms in total. The summed E-state index contributed by atoms with van der Waals surface area (Å²) in [6, 6.07) is 0. The first kappa shape index (κ1) is 12.4. The summed E-state index contributed by atoms with van der Waals surface area (Å²) in [5.41, 5.74) is 0. The van der Waals surface area contributed by atoms with E-state index >= 15 is 0 Å². The van der Waals surface area contributed by atoms with E-state index in [1.807, 2.05) is 0 Å². The Labute approximate surface area is 64.0 Å². The molecule has 0 rings (SSSR count). The zero-order chi connectivity index (χ0) is 7.70. The first-order chi connectivity index (χ1) is 4.15. The van der Waals surface area contributed by atoms with Crippen molar-refractivity contribution in [2.75, 3.05) is 0 Å². The maximum Gasteiger partial charge on any atom is 0.314 e. The van der Waals surface area contributed by atoms with Gasteiger partial charge in [-0.1, -0.05) is 0 Å². The molecule has 9 heavy (non-hydrogen) atoms. The van der Waals surface area contributed by atoms with Crippen molar-refractivity contribution in [3.8, 4) is 0 Å². The molecule has 0 saturated heterocycles. The van der Waals surface area contributed by atoms with Crippen LogP contribution in [-0.2, 0) is 21.7 Å². The molecule has 54 valence electrons. The van der Waals surface area contributed by atoms with Crippen LogP contribution in [0.4, 0.5) is 0 Å². The second-order valence-electron chi connectivity index (χ2n) is 1.64. The Morgan fingerprint density at radius 1 is 1.33 bits per heavy atom. The average Bonchev–Trinajstić information content (AvgIpc) is 1.66. The first-order valence-electron chi connectivity index (χ1n) is 3.07. The van der Waals surface area contributed by atoms with Gasteiger partial charge in [-0.3, -0.25) is 4.57 Å². The summed E-state index contributed by atoms with van der Waals surface area (Å²) in [7, 11) is -3.13. The van der Waals surface area contributed by atoms with E-state index in [1.165, 1.54) is 10.0 Å². The first-order valence-corrected chi connectivity index (χ1v) is 8.56. The topological polar surface area (TPSA) is 57.5 Å². The van der Waals surface area contributed by atoms with Gasteiger partial charge in [0.2, 0.25) is 0 Å². The molecular formula is C4H13O3PZn. The average molecular weight is 206 g/mol. The third-order valence-corrected chi connectivity index (χ3v) is 3.67. The van der Waals surface area contributed by atoms with E-state index in [-0.39, 0.29) is 17.1 Å². The molecule has 0 aliphatic carbocycles. The van der Waals surface area contributed by atoms with E-state index in [4.69, 9.17) is 14.4 Å². The zero-order valence-corrected chi connectivity index (χ0v) is 9.89. The van der Waals surface area contributed by atoms with Crippen LogP contribution in [0.15, 0.2) is 0 Å². The third-order valence-electron chi connectivity index (χ3n) is 0.707. The summed E-state index contributed by atoms with van der Waals surface area (Å²) in [4.78, 5) is 14.3. The molecule has 0 aliphatic heterocycles. The molecule has 5 heteroatoms. The summed E-state index contributed by atoms with van der Waals surface area (Å²) in [6.45, 7) is 4.59. The minimum Gasteiger partial charge on any atom is -0.326 e. The third kappa shape index (κ3) is 52.3. The van der Waals surface area contributed by atoms with Crippen LogP contribution in [0.5, 0.6) is 0 Å². The second-order valence-corrected chi connectivity index (χ2v) is 7.88.